The number of ether oxygens (including phenoxy) is 2. The zero-order valence-corrected chi connectivity index (χ0v) is 7.93. The second-order valence-electron chi connectivity index (χ2n) is 3.31. The van der Waals surface area contributed by atoms with E-state index in [-0.39, 0.29) is 12.6 Å². The number of hydrogen-bond acceptors (Lipinski definition) is 4. The van der Waals surface area contributed by atoms with E-state index in [9.17, 15) is 5.11 Å². The van der Waals surface area contributed by atoms with Crippen molar-refractivity contribution < 1.29 is 14.6 Å². The first-order valence-electron chi connectivity index (χ1n) is 4.46. The minimum atomic E-state index is -0.629. The molecule has 0 spiro atoms. The van der Waals surface area contributed by atoms with Gasteiger partial charge in [-0.2, -0.15) is 0 Å². The maximum absolute atomic E-state index is 9.47. The van der Waals surface area contributed by atoms with E-state index in [1.807, 2.05) is 6.07 Å². The van der Waals surface area contributed by atoms with Crippen molar-refractivity contribution in [3.63, 3.8) is 0 Å². The van der Waals surface area contributed by atoms with Gasteiger partial charge in [-0.3, -0.25) is 0 Å². The van der Waals surface area contributed by atoms with Crippen molar-refractivity contribution in [3.05, 3.63) is 23.8 Å². The largest absolute Gasteiger partial charge is 0.497 e. The van der Waals surface area contributed by atoms with Crippen LogP contribution in [0.4, 0.5) is 0 Å². The van der Waals surface area contributed by atoms with E-state index in [0.29, 0.717) is 5.75 Å². The van der Waals surface area contributed by atoms with E-state index in [1.54, 1.807) is 19.2 Å². The summed E-state index contributed by atoms with van der Waals surface area (Å²) in [6.07, 6.45) is -0.629. The van der Waals surface area contributed by atoms with Gasteiger partial charge in [-0.25, -0.2) is 0 Å². The Kier molecular flexibility index (Phi) is 2.31. The van der Waals surface area contributed by atoms with Crippen LogP contribution >= 0.6 is 0 Å². The number of methoxy groups -OCH3 is 1. The van der Waals surface area contributed by atoms with Crippen molar-refractivity contribution in [1.29, 1.82) is 0 Å². The molecule has 1 aromatic carbocycles. The molecule has 2 rings (SSSR count). The highest BCUT2D eigenvalue weighted by Gasteiger charge is 2.26. The molecule has 0 unspecified atom stereocenters. The van der Waals surface area contributed by atoms with Crippen LogP contribution in [0.15, 0.2) is 18.2 Å². The van der Waals surface area contributed by atoms with E-state index in [4.69, 9.17) is 15.2 Å². The van der Waals surface area contributed by atoms with Crippen molar-refractivity contribution in [2.24, 2.45) is 5.73 Å². The van der Waals surface area contributed by atoms with Gasteiger partial charge in [0, 0.05) is 11.6 Å². The predicted octanol–water partition coefficient (Wildman–Crippen LogP) is 0.448. The molecule has 0 saturated carbocycles. The van der Waals surface area contributed by atoms with Crippen LogP contribution in [-0.2, 0) is 0 Å². The monoisotopic (exact) mass is 195 g/mol. The number of nitrogens with two attached hydrogens (primary N) is 1. The van der Waals surface area contributed by atoms with Gasteiger partial charge >= 0.3 is 0 Å². The molecule has 0 bridgehead atoms. The van der Waals surface area contributed by atoms with Crippen LogP contribution in [0.1, 0.15) is 11.6 Å². The zero-order valence-electron chi connectivity index (χ0n) is 7.93. The summed E-state index contributed by atoms with van der Waals surface area (Å²) in [5.41, 5.74) is 6.63. The summed E-state index contributed by atoms with van der Waals surface area (Å²) in [5, 5.41) is 9.47. The molecule has 2 atom stereocenters. The van der Waals surface area contributed by atoms with Crippen LogP contribution in [0.3, 0.4) is 0 Å². The number of benzene rings is 1. The summed E-state index contributed by atoms with van der Waals surface area (Å²) in [5.74, 6) is 1.43. The number of aliphatic hydroxyl groups excluding tert-OH is 1. The summed E-state index contributed by atoms with van der Waals surface area (Å²) >= 11 is 0. The number of rotatable bonds is 1. The lowest BCUT2D eigenvalue weighted by molar-refractivity contribution is 0.0677. The van der Waals surface area contributed by atoms with Gasteiger partial charge in [-0.1, -0.05) is 0 Å². The molecular weight excluding hydrogens is 182 g/mol. The molecule has 1 aliphatic heterocycles. The van der Waals surface area contributed by atoms with Gasteiger partial charge in [0.2, 0.25) is 0 Å². The molecule has 0 fully saturated rings. The predicted molar refractivity (Wildman–Crippen MR) is 51.4 cm³/mol. The number of hydrogen-bond donors (Lipinski definition) is 2. The molecule has 1 aliphatic rings. The summed E-state index contributed by atoms with van der Waals surface area (Å²) in [6.45, 7) is 0.237. The maximum Gasteiger partial charge on any atom is 0.128 e. The molecule has 1 aromatic rings. The highest BCUT2D eigenvalue weighted by Crippen LogP contribution is 2.33. The Balaban J connectivity index is 2.38. The van der Waals surface area contributed by atoms with Gasteiger partial charge in [-0.05, 0) is 12.1 Å². The Morgan fingerprint density at radius 3 is 3.07 bits per heavy atom. The van der Waals surface area contributed by atoms with Gasteiger partial charge < -0.3 is 20.3 Å². The molecule has 3 N–H and O–H groups in total. The first kappa shape index (κ1) is 9.30. The van der Waals surface area contributed by atoms with E-state index in [1.165, 1.54) is 0 Å². The Hall–Kier alpha value is -1.26. The van der Waals surface area contributed by atoms with E-state index < -0.39 is 6.10 Å². The Morgan fingerprint density at radius 2 is 2.36 bits per heavy atom. The molecule has 4 heteroatoms. The third kappa shape index (κ3) is 1.42. The van der Waals surface area contributed by atoms with Crippen LogP contribution in [-0.4, -0.2) is 24.9 Å². The number of aliphatic hydroxyl groups is 1. The van der Waals surface area contributed by atoms with E-state index >= 15 is 0 Å². The highest BCUT2D eigenvalue weighted by atomic mass is 16.5. The normalized spacial score (nSPS) is 25.1. The lowest BCUT2D eigenvalue weighted by atomic mass is 9.99. The molecule has 0 saturated heterocycles. The average molecular weight is 195 g/mol. The molecule has 0 aromatic heterocycles. The minimum absolute atomic E-state index is 0.237. The third-order valence-electron chi connectivity index (χ3n) is 2.40. The summed E-state index contributed by atoms with van der Waals surface area (Å²) in [7, 11) is 1.60. The summed E-state index contributed by atoms with van der Waals surface area (Å²) in [4.78, 5) is 0. The average Bonchev–Trinajstić information content (AvgIpc) is 2.23. The molecular formula is C10H13NO3. The second-order valence-corrected chi connectivity index (χ2v) is 3.31. The molecule has 1 heterocycles. The number of fused-ring (bicyclic) bond motifs is 1. The fourth-order valence-corrected chi connectivity index (χ4v) is 1.53. The van der Waals surface area contributed by atoms with Crippen LogP contribution in [0.25, 0.3) is 0 Å². The first-order chi connectivity index (χ1) is 6.72. The van der Waals surface area contributed by atoms with Crippen LogP contribution in [0, 0.1) is 0 Å². The van der Waals surface area contributed by atoms with Crippen molar-refractivity contribution in [2.75, 3.05) is 13.7 Å². The van der Waals surface area contributed by atoms with Crippen LogP contribution in [0.5, 0.6) is 11.5 Å². The summed E-state index contributed by atoms with van der Waals surface area (Å²) < 4.78 is 10.4. The molecule has 14 heavy (non-hydrogen) atoms. The quantitative estimate of drug-likeness (QED) is 0.682. The highest BCUT2D eigenvalue weighted by molar-refractivity contribution is 5.44. The molecule has 0 radical (unpaired) electrons. The topological polar surface area (TPSA) is 64.7 Å². The molecule has 0 aliphatic carbocycles. The molecule has 76 valence electrons. The smallest absolute Gasteiger partial charge is 0.128 e. The van der Waals surface area contributed by atoms with Crippen LogP contribution < -0.4 is 15.2 Å². The first-order valence-corrected chi connectivity index (χ1v) is 4.46. The van der Waals surface area contributed by atoms with Gasteiger partial charge in [0.1, 0.15) is 24.2 Å². The molecule has 0 amide bonds. The zero-order chi connectivity index (χ0) is 10.1. The Morgan fingerprint density at radius 1 is 1.57 bits per heavy atom. The summed E-state index contributed by atoms with van der Waals surface area (Å²) in [6, 6.07) is 5.03. The van der Waals surface area contributed by atoms with Gasteiger partial charge in [-0.15, -0.1) is 0 Å². The van der Waals surface area contributed by atoms with Gasteiger partial charge in [0.05, 0.1) is 13.2 Å². The minimum Gasteiger partial charge on any atom is -0.497 e. The SMILES string of the molecule is COc1ccc2c(c1)OC[C@H](O)[C@@H]2N. The maximum atomic E-state index is 9.47. The fourth-order valence-electron chi connectivity index (χ4n) is 1.53. The Labute approximate surface area is 82.2 Å². The van der Waals surface area contributed by atoms with E-state index in [0.717, 1.165) is 11.3 Å². The lowest BCUT2D eigenvalue weighted by Gasteiger charge is -2.27. The van der Waals surface area contributed by atoms with Crippen molar-refractivity contribution in [2.45, 2.75) is 12.1 Å². The van der Waals surface area contributed by atoms with Crippen molar-refractivity contribution >= 4 is 0 Å². The van der Waals surface area contributed by atoms with Crippen molar-refractivity contribution in [1.82, 2.24) is 0 Å². The van der Waals surface area contributed by atoms with Crippen LogP contribution in [0.2, 0.25) is 0 Å². The Bertz CT molecular complexity index is 340. The van der Waals surface area contributed by atoms with Gasteiger partial charge in [0.25, 0.3) is 0 Å². The molecule has 4 nitrogen and oxygen atoms in total. The fraction of sp³-hybridized carbons (Fsp3) is 0.400. The van der Waals surface area contributed by atoms with Crippen molar-refractivity contribution in [3.8, 4) is 11.5 Å². The third-order valence-corrected chi connectivity index (χ3v) is 2.40. The van der Waals surface area contributed by atoms with E-state index in [2.05, 4.69) is 0 Å². The van der Waals surface area contributed by atoms with Gasteiger partial charge in [0.15, 0.2) is 0 Å². The standard InChI is InChI=1S/C10H13NO3/c1-13-6-2-3-7-9(4-6)14-5-8(12)10(7)11/h2-4,8,10,12H,5,11H2,1H3/t8-,10+/m0/s1. The second kappa shape index (κ2) is 3.48. The lowest BCUT2D eigenvalue weighted by Crippen LogP contribution is -2.35.